The van der Waals surface area contributed by atoms with Gasteiger partial charge in [0.1, 0.15) is 0 Å². The van der Waals surface area contributed by atoms with E-state index in [9.17, 15) is 0 Å². The van der Waals surface area contributed by atoms with E-state index in [4.69, 9.17) is 9.47 Å². The Morgan fingerprint density at radius 3 is 2.29 bits per heavy atom. The Bertz CT molecular complexity index is 777. The normalized spacial score (nSPS) is 17.5. The Labute approximate surface area is 167 Å². The van der Waals surface area contributed by atoms with Crippen LogP contribution in [0, 0.1) is 0 Å². The number of ether oxygens (including phenoxy) is 2. The van der Waals surface area contributed by atoms with E-state index in [1.807, 2.05) is 16.8 Å². The molecule has 0 aliphatic carbocycles. The zero-order valence-corrected chi connectivity index (χ0v) is 17.8. The topological polar surface area (TPSA) is 68.5 Å². The van der Waals surface area contributed by atoms with Gasteiger partial charge in [0.05, 0.1) is 25.8 Å². The lowest BCUT2D eigenvalue weighted by molar-refractivity contribution is 0.106. The number of tetrazole rings is 1. The van der Waals surface area contributed by atoms with Crippen molar-refractivity contribution in [2.24, 2.45) is 0 Å². The highest BCUT2D eigenvalue weighted by Crippen LogP contribution is 2.35. The average molecular weight is 389 g/mol. The van der Waals surface area contributed by atoms with Crippen LogP contribution in [-0.4, -0.2) is 77.0 Å². The minimum atomic E-state index is -0.209. The third kappa shape index (κ3) is 4.12. The molecule has 2 heterocycles. The van der Waals surface area contributed by atoms with Gasteiger partial charge in [0.15, 0.2) is 17.3 Å². The number of piperazine rings is 1. The van der Waals surface area contributed by atoms with Crippen LogP contribution in [-0.2, 0) is 5.54 Å². The molecule has 0 N–H and O–H groups in total. The highest BCUT2D eigenvalue weighted by molar-refractivity contribution is 5.45. The maximum absolute atomic E-state index is 5.55. The molecule has 8 heteroatoms. The standard InChI is InChI=1S/C20H32N6O2/c1-7-24-10-12-25(13-11-24)18(19-21-22-23-26(19)20(2,3)4)15-8-9-16(27-5)17(14-15)28-6/h8-9,14,18H,7,10-13H2,1-6H3/t18-/m1/s1. The van der Waals surface area contributed by atoms with Gasteiger partial charge < -0.3 is 14.4 Å². The molecule has 0 spiro atoms. The van der Waals surface area contributed by atoms with E-state index in [0.717, 1.165) is 49.9 Å². The lowest BCUT2D eigenvalue weighted by atomic mass is 10.0. The molecule has 0 bridgehead atoms. The summed E-state index contributed by atoms with van der Waals surface area (Å²) in [5, 5.41) is 12.8. The summed E-state index contributed by atoms with van der Waals surface area (Å²) in [6.07, 6.45) is 0. The van der Waals surface area contributed by atoms with Crippen LogP contribution in [0.1, 0.15) is 45.1 Å². The van der Waals surface area contributed by atoms with Crippen LogP contribution in [0.2, 0.25) is 0 Å². The number of hydrogen-bond acceptors (Lipinski definition) is 7. The summed E-state index contributed by atoms with van der Waals surface area (Å²) < 4.78 is 12.9. The molecule has 28 heavy (non-hydrogen) atoms. The van der Waals surface area contributed by atoms with Crippen molar-refractivity contribution < 1.29 is 9.47 Å². The van der Waals surface area contributed by atoms with E-state index >= 15 is 0 Å². The van der Waals surface area contributed by atoms with E-state index in [1.54, 1.807) is 14.2 Å². The Morgan fingerprint density at radius 2 is 1.71 bits per heavy atom. The van der Waals surface area contributed by atoms with E-state index in [2.05, 4.69) is 59.1 Å². The second-order valence-electron chi connectivity index (χ2n) is 8.11. The van der Waals surface area contributed by atoms with Crippen LogP contribution >= 0.6 is 0 Å². The molecule has 1 atom stereocenters. The van der Waals surface area contributed by atoms with Crippen molar-refractivity contribution >= 4 is 0 Å². The summed E-state index contributed by atoms with van der Waals surface area (Å²) in [6, 6.07) is 6.03. The van der Waals surface area contributed by atoms with E-state index in [1.165, 1.54) is 0 Å². The van der Waals surface area contributed by atoms with Crippen LogP contribution in [0.15, 0.2) is 18.2 Å². The Hall–Kier alpha value is -2.19. The first kappa shape index (κ1) is 20.5. The lowest BCUT2D eigenvalue weighted by Gasteiger charge is -2.39. The molecule has 8 nitrogen and oxygen atoms in total. The Morgan fingerprint density at radius 1 is 1.04 bits per heavy atom. The predicted molar refractivity (Wildman–Crippen MR) is 108 cm³/mol. The fraction of sp³-hybridized carbons (Fsp3) is 0.650. The summed E-state index contributed by atoms with van der Waals surface area (Å²) in [7, 11) is 3.31. The van der Waals surface area contributed by atoms with Gasteiger partial charge >= 0.3 is 0 Å². The first-order valence-corrected chi connectivity index (χ1v) is 9.86. The largest absolute Gasteiger partial charge is 0.493 e. The molecule has 2 aromatic rings. The van der Waals surface area contributed by atoms with Crippen LogP contribution in [0.5, 0.6) is 11.5 Å². The monoisotopic (exact) mass is 388 g/mol. The number of rotatable bonds is 6. The molecule has 1 aliphatic heterocycles. The zero-order valence-electron chi connectivity index (χ0n) is 17.8. The van der Waals surface area contributed by atoms with Gasteiger partial charge in [0.25, 0.3) is 0 Å². The molecular weight excluding hydrogens is 356 g/mol. The van der Waals surface area contributed by atoms with Crippen LogP contribution < -0.4 is 9.47 Å². The first-order chi connectivity index (χ1) is 13.4. The predicted octanol–water partition coefficient (Wildman–Crippen LogP) is 2.17. The van der Waals surface area contributed by atoms with Crippen LogP contribution in [0.4, 0.5) is 0 Å². The van der Waals surface area contributed by atoms with Gasteiger partial charge in [-0.05, 0) is 55.4 Å². The van der Waals surface area contributed by atoms with E-state index in [-0.39, 0.29) is 11.6 Å². The fourth-order valence-electron chi connectivity index (χ4n) is 3.73. The smallest absolute Gasteiger partial charge is 0.173 e. The van der Waals surface area contributed by atoms with Crippen molar-refractivity contribution in [2.45, 2.75) is 39.3 Å². The zero-order chi connectivity index (χ0) is 20.3. The molecule has 1 fully saturated rings. The van der Waals surface area contributed by atoms with Crippen molar-refractivity contribution in [1.82, 2.24) is 30.0 Å². The second-order valence-corrected chi connectivity index (χ2v) is 8.11. The maximum Gasteiger partial charge on any atom is 0.173 e. The number of likely N-dealkylation sites (N-methyl/N-ethyl adjacent to an activating group) is 1. The maximum atomic E-state index is 5.55. The highest BCUT2D eigenvalue weighted by Gasteiger charge is 2.33. The van der Waals surface area contributed by atoms with Crippen molar-refractivity contribution in [1.29, 1.82) is 0 Å². The van der Waals surface area contributed by atoms with Gasteiger partial charge in [-0.1, -0.05) is 13.0 Å². The fourth-order valence-corrected chi connectivity index (χ4v) is 3.73. The van der Waals surface area contributed by atoms with E-state index < -0.39 is 0 Å². The number of hydrogen-bond donors (Lipinski definition) is 0. The summed E-state index contributed by atoms with van der Waals surface area (Å²) in [5.74, 6) is 2.29. The van der Waals surface area contributed by atoms with Crippen molar-refractivity contribution in [2.75, 3.05) is 46.9 Å². The summed E-state index contributed by atoms with van der Waals surface area (Å²) in [5.41, 5.74) is 0.890. The molecular formula is C20H32N6O2. The molecule has 1 aromatic heterocycles. The summed E-state index contributed by atoms with van der Waals surface area (Å²) in [4.78, 5) is 4.93. The first-order valence-electron chi connectivity index (χ1n) is 9.86. The quantitative estimate of drug-likeness (QED) is 0.751. The molecule has 0 unspecified atom stereocenters. The minimum Gasteiger partial charge on any atom is -0.493 e. The second kappa shape index (κ2) is 8.45. The highest BCUT2D eigenvalue weighted by atomic mass is 16.5. The summed E-state index contributed by atoms with van der Waals surface area (Å²) in [6.45, 7) is 13.6. The van der Waals surface area contributed by atoms with Gasteiger partial charge in [-0.25, -0.2) is 4.68 Å². The number of methoxy groups -OCH3 is 2. The number of benzene rings is 1. The molecule has 154 valence electrons. The van der Waals surface area contributed by atoms with Gasteiger partial charge in [-0.2, -0.15) is 0 Å². The Balaban J connectivity index is 2.05. The molecule has 0 radical (unpaired) electrons. The number of nitrogens with zero attached hydrogens (tertiary/aromatic N) is 6. The molecule has 1 aromatic carbocycles. The lowest BCUT2D eigenvalue weighted by Crippen LogP contribution is -2.48. The van der Waals surface area contributed by atoms with Crippen molar-refractivity contribution in [3.63, 3.8) is 0 Å². The van der Waals surface area contributed by atoms with Crippen molar-refractivity contribution in [3.8, 4) is 11.5 Å². The molecule has 1 aliphatic rings. The van der Waals surface area contributed by atoms with Crippen LogP contribution in [0.3, 0.4) is 0 Å². The molecule has 1 saturated heterocycles. The van der Waals surface area contributed by atoms with Gasteiger partial charge in [0, 0.05) is 26.2 Å². The van der Waals surface area contributed by atoms with Gasteiger partial charge in [-0.15, -0.1) is 5.10 Å². The third-order valence-corrected chi connectivity index (χ3v) is 5.32. The minimum absolute atomic E-state index is 0.0481. The number of aromatic nitrogens is 4. The van der Waals surface area contributed by atoms with Crippen molar-refractivity contribution in [3.05, 3.63) is 29.6 Å². The van der Waals surface area contributed by atoms with Gasteiger partial charge in [-0.3, -0.25) is 4.90 Å². The Kier molecular flexibility index (Phi) is 6.20. The SMILES string of the molecule is CCN1CCN([C@H](c2ccc(OC)c(OC)c2)c2nnnn2C(C)(C)C)CC1. The molecule has 0 amide bonds. The summed E-state index contributed by atoms with van der Waals surface area (Å²) >= 11 is 0. The van der Waals surface area contributed by atoms with Crippen LogP contribution in [0.25, 0.3) is 0 Å². The molecule has 3 rings (SSSR count). The average Bonchev–Trinajstić information content (AvgIpc) is 3.18. The molecule has 0 saturated carbocycles. The van der Waals surface area contributed by atoms with E-state index in [0.29, 0.717) is 5.75 Å². The van der Waals surface area contributed by atoms with Gasteiger partial charge in [0.2, 0.25) is 0 Å². The third-order valence-electron chi connectivity index (χ3n) is 5.32.